The van der Waals surface area contributed by atoms with Crippen molar-refractivity contribution in [2.45, 2.75) is 25.9 Å². The molecule has 1 aromatic rings. The second kappa shape index (κ2) is 6.76. The number of carbonyl (C=O) groups is 2. The number of amides is 2. The van der Waals surface area contributed by atoms with Crippen molar-refractivity contribution in [2.75, 3.05) is 7.11 Å². The van der Waals surface area contributed by atoms with Crippen molar-refractivity contribution in [1.82, 2.24) is 10.6 Å². The zero-order valence-corrected chi connectivity index (χ0v) is 10.8. The molecule has 5 heteroatoms. The van der Waals surface area contributed by atoms with Crippen LogP contribution in [0.2, 0.25) is 0 Å². The minimum atomic E-state index is -0.749. The van der Waals surface area contributed by atoms with Crippen molar-refractivity contribution in [3.05, 3.63) is 35.9 Å². The highest BCUT2D eigenvalue weighted by Gasteiger charge is 2.18. The van der Waals surface area contributed by atoms with Gasteiger partial charge in [0.25, 0.3) is 0 Å². The molecule has 0 heterocycles. The number of rotatable bonds is 4. The molecule has 98 valence electrons. The number of nitrogens with one attached hydrogen (secondary N) is 2. The Morgan fingerprint density at radius 2 is 1.78 bits per heavy atom. The van der Waals surface area contributed by atoms with Gasteiger partial charge in [-0.15, -0.1) is 0 Å². The first-order valence-corrected chi connectivity index (χ1v) is 5.74. The summed E-state index contributed by atoms with van der Waals surface area (Å²) < 4.78 is 4.36. The molecule has 2 N–H and O–H groups in total. The van der Waals surface area contributed by atoms with Gasteiger partial charge in [0.15, 0.2) is 0 Å². The number of methoxy groups -OCH3 is 1. The first-order valence-electron chi connectivity index (χ1n) is 5.74. The Morgan fingerprint density at radius 1 is 1.17 bits per heavy atom. The molecular formula is C13H18N2O3. The zero-order chi connectivity index (χ0) is 13.5. The summed E-state index contributed by atoms with van der Waals surface area (Å²) in [5.41, 5.74) is 1.08. The van der Waals surface area contributed by atoms with Crippen LogP contribution >= 0.6 is 0 Å². The molecular weight excluding hydrogens is 232 g/mol. The highest BCUT2D eigenvalue weighted by Crippen LogP contribution is 2.11. The maximum Gasteiger partial charge on any atom is 0.413 e. The Bertz CT molecular complexity index is 406. The Kier molecular flexibility index (Phi) is 5.32. The third-order valence-corrected chi connectivity index (χ3v) is 2.60. The van der Waals surface area contributed by atoms with Crippen LogP contribution in [-0.4, -0.2) is 25.2 Å². The molecule has 0 bridgehead atoms. The first kappa shape index (κ1) is 14.2. The Morgan fingerprint density at radius 3 is 2.33 bits per heavy atom. The summed E-state index contributed by atoms with van der Waals surface area (Å²) >= 11 is 0. The highest BCUT2D eigenvalue weighted by atomic mass is 16.5. The Hall–Kier alpha value is -1.88. The topological polar surface area (TPSA) is 67.4 Å². The normalized spacial score (nSPS) is 13.5. The van der Waals surface area contributed by atoms with E-state index in [1.807, 2.05) is 37.3 Å². The predicted molar refractivity (Wildman–Crippen MR) is 68.0 cm³/mol. The SMILES string of the molecule is COC(=O)NC(=O)[C@@H](C)N[C@@H](C)c1ccccc1. The van der Waals surface area contributed by atoms with Crippen molar-refractivity contribution in [2.24, 2.45) is 0 Å². The summed E-state index contributed by atoms with van der Waals surface area (Å²) in [6.07, 6.45) is -0.749. The van der Waals surface area contributed by atoms with Gasteiger partial charge in [-0.1, -0.05) is 30.3 Å². The summed E-state index contributed by atoms with van der Waals surface area (Å²) in [7, 11) is 1.22. The number of alkyl carbamates (subject to hydrolysis) is 1. The van der Waals surface area contributed by atoms with Crippen molar-refractivity contribution in [3.63, 3.8) is 0 Å². The van der Waals surface area contributed by atoms with Crippen LogP contribution in [0.1, 0.15) is 25.5 Å². The fourth-order valence-electron chi connectivity index (χ4n) is 1.55. The molecule has 2 atom stereocenters. The lowest BCUT2D eigenvalue weighted by Gasteiger charge is -2.19. The van der Waals surface area contributed by atoms with Gasteiger partial charge < -0.3 is 4.74 Å². The molecule has 0 aliphatic heterocycles. The summed E-state index contributed by atoms with van der Waals surface area (Å²) in [6.45, 7) is 3.65. The van der Waals surface area contributed by atoms with Crippen LogP contribution in [0.3, 0.4) is 0 Å². The number of ether oxygens (including phenoxy) is 1. The molecule has 5 nitrogen and oxygen atoms in total. The fourth-order valence-corrected chi connectivity index (χ4v) is 1.55. The summed E-state index contributed by atoms with van der Waals surface area (Å²) in [5, 5.41) is 5.23. The van der Waals surface area contributed by atoms with Crippen molar-refractivity contribution in [1.29, 1.82) is 0 Å². The van der Waals surface area contributed by atoms with Gasteiger partial charge in [0.1, 0.15) is 0 Å². The number of carbonyl (C=O) groups excluding carboxylic acids is 2. The summed E-state index contributed by atoms with van der Waals surface area (Å²) in [6, 6.07) is 9.29. The number of imide groups is 1. The third-order valence-electron chi connectivity index (χ3n) is 2.60. The van der Waals surface area contributed by atoms with E-state index in [4.69, 9.17) is 0 Å². The molecule has 2 amide bonds. The van der Waals surface area contributed by atoms with E-state index in [1.54, 1.807) is 6.92 Å². The molecule has 0 spiro atoms. The molecule has 0 aliphatic carbocycles. The standard InChI is InChI=1S/C13H18N2O3/c1-9(11-7-5-4-6-8-11)14-10(2)12(16)15-13(17)18-3/h4-10,14H,1-3H3,(H,15,16,17)/t9-,10+/m0/s1. The molecule has 0 unspecified atom stereocenters. The van der Waals surface area contributed by atoms with Crippen LogP contribution in [-0.2, 0) is 9.53 Å². The molecule has 18 heavy (non-hydrogen) atoms. The van der Waals surface area contributed by atoms with Crippen LogP contribution in [0, 0.1) is 0 Å². The molecule has 0 saturated carbocycles. The monoisotopic (exact) mass is 250 g/mol. The number of hydrogen-bond donors (Lipinski definition) is 2. The predicted octanol–water partition coefficient (Wildman–Crippen LogP) is 1.61. The minimum Gasteiger partial charge on any atom is -0.453 e. The lowest BCUT2D eigenvalue weighted by molar-refractivity contribution is -0.122. The maximum atomic E-state index is 11.6. The van der Waals surface area contributed by atoms with Gasteiger partial charge in [-0.05, 0) is 19.4 Å². The van der Waals surface area contributed by atoms with E-state index in [1.165, 1.54) is 7.11 Å². The fraction of sp³-hybridized carbons (Fsp3) is 0.385. The lowest BCUT2D eigenvalue weighted by atomic mass is 10.1. The van der Waals surface area contributed by atoms with Gasteiger partial charge in [-0.25, -0.2) is 4.79 Å². The van der Waals surface area contributed by atoms with Crippen LogP contribution in [0.5, 0.6) is 0 Å². The van der Waals surface area contributed by atoms with Crippen molar-refractivity contribution < 1.29 is 14.3 Å². The van der Waals surface area contributed by atoms with Gasteiger partial charge in [0, 0.05) is 6.04 Å². The molecule has 0 fully saturated rings. The first-order chi connectivity index (χ1) is 8.54. The van der Waals surface area contributed by atoms with Crippen LogP contribution in [0.25, 0.3) is 0 Å². The van der Waals surface area contributed by atoms with Crippen molar-refractivity contribution in [3.8, 4) is 0 Å². The third kappa shape index (κ3) is 4.18. The van der Waals surface area contributed by atoms with E-state index < -0.39 is 18.0 Å². The Labute approximate surface area is 107 Å². The molecule has 0 radical (unpaired) electrons. The smallest absolute Gasteiger partial charge is 0.413 e. The molecule has 1 rings (SSSR count). The van der Waals surface area contributed by atoms with E-state index in [9.17, 15) is 9.59 Å². The van der Waals surface area contributed by atoms with Gasteiger partial charge >= 0.3 is 6.09 Å². The average Bonchev–Trinajstić information content (AvgIpc) is 2.39. The molecule has 1 aromatic carbocycles. The minimum absolute atomic E-state index is 0.0181. The molecule has 0 aliphatic rings. The van der Waals surface area contributed by atoms with E-state index in [-0.39, 0.29) is 6.04 Å². The van der Waals surface area contributed by atoms with E-state index >= 15 is 0 Å². The van der Waals surface area contributed by atoms with E-state index in [0.29, 0.717) is 0 Å². The van der Waals surface area contributed by atoms with Gasteiger partial charge in [0.2, 0.25) is 5.91 Å². The van der Waals surface area contributed by atoms with Crippen LogP contribution in [0.4, 0.5) is 4.79 Å². The second-order valence-corrected chi connectivity index (χ2v) is 4.00. The average molecular weight is 250 g/mol. The summed E-state index contributed by atoms with van der Waals surface area (Å²) in [4.78, 5) is 22.5. The second-order valence-electron chi connectivity index (χ2n) is 4.00. The van der Waals surface area contributed by atoms with Gasteiger partial charge in [-0.2, -0.15) is 0 Å². The van der Waals surface area contributed by atoms with Crippen molar-refractivity contribution >= 4 is 12.0 Å². The van der Waals surface area contributed by atoms with Gasteiger partial charge in [-0.3, -0.25) is 15.4 Å². The Balaban J connectivity index is 2.52. The molecule has 0 aromatic heterocycles. The zero-order valence-electron chi connectivity index (χ0n) is 10.8. The highest BCUT2D eigenvalue weighted by molar-refractivity contribution is 5.94. The van der Waals surface area contributed by atoms with E-state index in [2.05, 4.69) is 15.4 Å². The van der Waals surface area contributed by atoms with Gasteiger partial charge in [0.05, 0.1) is 13.2 Å². The van der Waals surface area contributed by atoms with Crippen LogP contribution < -0.4 is 10.6 Å². The number of benzene rings is 1. The van der Waals surface area contributed by atoms with Crippen LogP contribution in [0.15, 0.2) is 30.3 Å². The maximum absolute atomic E-state index is 11.6. The molecule has 0 saturated heterocycles. The number of hydrogen-bond acceptors (Lipinski definition) is 4. The lowest BCUT2D eigenvalue weighted by Crippen LogP contribution is -2.45. The van der Waals surface area contributed by atoms with E-state index in [0.717, 1.165) is 5.56 Å². The largest absolute Gasteiger partial charge is 0.453 e. The quantitative estimate of drug-likeness (QED) is 0.852. The summed E-state index contributed by atoms with van der Waals surface area (Å²) in [5.74, 6) is -0.412.